The molecule has 3 heterocycles. The number of benzene rings is 1. The fourth-order valence-corrected chi connectivity index (χ4v) is 3.71. The van der Waals surface area contributed by atoms with Gasteiger partial charge in [0, 0.05) is 30.5 Å². The van der Waals surface area contributed by atoms with Crippen LogP contribution in [0.1, 0.15) is 12.6 Å². The van der Waals surface area contributed by atoms with Crippen LogP contribution in [0.25, 0.3) is 27.6 Å². The number of hydrogen-bond acceptors (Lipinski definition) is 4. The molecule has 0 fully saturated rings. The molecule has 0 bridgehead atoms. The van der Waals surface area contributed by atoms with Gasteiger partial charge >= 0.3 is 5.69 Å². The van der Waals surface area contributed by atoms with Gasteiger partial charge in [0.1, 0.15) is 5.82 Å². The molecule has 0 unspecified atom stereocenters. The summed E-state index contributed by atoms with van der Waals surface area (Å²) in [6.07, 6.45) is 1.76. The minimum Gasteiger partial charge on any atom is -0.360 e. The van der Waals surface area contributed by atoms with Crippen LogP contribution in [0, 0.1) is 6.92 Å². The first-order valence-electron chi connectivity index (χ1n) is 8.77. The molecule has 6 nitrogen and oxygen atoms in total. The molecule has 0 radical (unpaired) electrons. The SMILES string of the molecule is CCN(C)c1ccc(-n2c(=O)n(C)c3cnc4ccc(Br)cc4c32)c(C)n1. The number of rotatable bonds is 3. The van der Waals surface area contributed by atoms with Gasteiger partial charge < -0.3 is 4.90 Å². The second-order valence-electron chi connectivity index (χ2n) is 6.62. The molecule has 7 heteroatoms. The molecule has 0 saturated heterocycles. The van der Waals surface area contributed by atoms with Gasteiger partial charge in [-0.3, -0.25) is 14.1 Å². The van der Waals surface area contributed by atoms with Gasteiger partial charge in [0.15, 0.2) is 0 Å². The molecule has 4 aromatic rings. The van der Waals surface area contributed by atoms with Crippen molar-refractivity contribution in [3.63, 3.8) is 0 Å². The van der Waals surface area contributed by atoms with Crippen LogP contribution in [0.15, 0.2) is 45.8 Å². The maximum atomic E-state index is 13.1. The van der Waals surface area contributed by atoms with Crippen molar-refractivity contribution in [1.82, 2.24) is 19.1 Å². The maximum Gasteiger partial charge on any atom is 0.333 e. The van der Waals surface area contributed by atoms with Gasteiger partial charge in [-0.1, -0.05) is 15.9 Å². The average molecular weight is 426 g/mol. The number of hydrogen-bond donors (Lipinski definition) is 0. The van der Waals surface area contributed by atoms with Crippen LogP contribution in [0.5, 0.6) is 0 Å². The fourth-order valence-electron chi connectivity index (χ4n) is 3.34. The van der Waals surface area contributed by atoms with Gasteiger partial charge in [-0.25, -0.2) is 9.78 Å². The van der Waals surface area contributed by atoms with Gasteiger partial charge in [-0.05, 0) is 44.2 Å². The Bertz CT molecular complexity index is 1240. The van der Waals surface area contributed by atoms with Crippen molar-refractivity contribution >= 4 is 43.7 Å². The number of imidazole rings is 1. The highest BCUT2D eigenvalue weighted by atomic mass is 79.9. The molecular weight excluding hydrogens is 406 g/mol. The molecule has 0 spiro atoms. The molecule has 1 aromatic carbocycles. The smallest absolute Gasteiger partial charge is 0.333 e. The van der Waals surface area contributed by atoms with Gasteiger partial charge in [0.05, 0.1) is 34.1 Å². The van der Waals surface area contributed by atoms with Crippen LogP contribution in [-0.4, -0.2) is 32.7 Å². The van der Waals surface area contributed by atoms with E-state index < -0.39 is 0 Å². The summed E-state index contributed by atoms with van der Waals surface area (Å²) in [5, 5.41) is 0.925. The van der Waals surface area contributed by atoms with E-state index in [0.29, 0.717) is 0 Å². The largest absolute Gasteiger partial charge is 0.360 e. The molecule has 0 aliphatic carbocycles. The topological polar surface area (TPSA) is 56.0 Å². The van der Waals surface area contributed by atoms with Crippen LogP contribution < -0.4 is 10.6 Å². The second-order valence-corrected chi connectivity index (χ2v) is 7.53. The van der Waals surface area contributed by atoms with Crippen LogP contribution in [0.3, 0.4) is 0 Å². The zero-order valence-electron chi connectivity index (χ0n) is 15.7. The van der Waals surface area contributed by atoms with Crippen LogP contribution in [0.2, 0.25) is 0 Å². The summed E-state index contributed by atoms with van der Waals surface area (Å²) in [5.41, 5.74) is 3.96. The van der Waals surface area contributed by atoms with E-state index in [-0.39, 0.29) is 5.69 Å². The van der Waals surface area contributed by atoms with Crippen molar-refractivity contribution in [3.05, 3.63) is 57.2 Å². The summed E-state index contributed by atoms with van der Waals surface area (Å²) in [4.78, 5) is 24.4. The minimum atomic E-state index is -0.110. The standard InChI is InChI=1S/C20H20BrN5O/c1-5-24(3)18-9-8-16(12(2)23-18)26-19-14-10-13(21)6-7-15(14)22-11-17(19)25(4)20(26)27/h6-11H,5H2,1-4H3. The summed E-state index contributed by atoms with van der Waals surface area (Å²) in [7, 11) is 3.77. The average Bonchev–Trinajstić information content (AvgIpc) is 2.92. The lowest BCUT2D eigenvalue weighted by Crippen LogP contribution is -2.22. The van der Waals surface area contributed by atoms with Crippen molar-refractivity contribution in [3.8, 4) is 5.69 Å². The highest BCUT2D eigenvalue weighted by molar-refractivity contribution is 9.10. The molecule has 138 valence electrons. The van der Waals surface area contributed by atoms with E-state index in [1.54, 1.807) is 22.4 Å². The third-order valence-corrected chi connectivity index (χ3v) is 5.49. The number of pyridine rings is 2. The first-order chi connectivity index (χ1) is 12.9. The second kappa shape index (κ2) is 6.49. The van der Waals surface area contributed by atoms with Gasteiger partial charge in [-0.15, -0.1) is 0 Å². The number of aromatic nitrogens is 4. The Hall–Kier alpha value is -2.67. The van der Waals surface area contributed by atoms with Crippen LogP contribution in [0.4, 0.5) is 5.82 Å². The minimum absolute atomic E-state index is 0.110. The first-order valence-corrected chi connectivity index (χ1v) is 9.56. The molecule has 3 aromatic heterocycles. The number of aryl methyl sites for hydroxylation is 2. The van der Waals surface area contributed by atoms with Crippen molar-refractivity contribution in [2.24, 2.45) is 7.05 Å². The zero-order valence-corrected chi connectivity index (χ0v) is 17.3. The Morgan fingerprint density at radius 1 is 1.22 bits per heavy atom. The van der Waals surface area contributed by atoms with E-state index in [0.717, 1.165) is 50.2 Å². The molecule has 0 aliphatic rings. The summed E-state index contributed by atoms with van der Waals surface area (Å²) in [5.74, 6) is 0.890. The quantitative estimate of drug-likeness (QED) is 0.500. The maximum absolute atomic E-state index is 13.1. The Morgan fingerprint density at radius 3 is 2.70 bits per heavy atom. The monoisotopic (exact) mass is 425 g/mol. The Balaban J connectivity index is 2.09. The number of nitrogens with zero attached hydrogens (tertiary/aromatic N) is 5. The molecule has 4 rings (SSSR count). The van der Waals surface area contributed by atoms with Gasteiger partial charge in [0.2, 0.25) is 0 Å². The number of halogens is 1. The molecule has 0 N–H and O–H groups in total. The lowest BCUT2D eigenvalue weighted by Gasteiger charge is -2.17. The lowest BCUT2D eigenvalue weighted by molar-refractivity contribution is 0.837. The highest BCUT2D eigenvalue weighted by Crippen LogP contribution is 2.28. The van der Waals surface area contributed by atoms with E-state index in [1.165, 1.54) is 0 Å². The summed E-state index contributed by atoms with van der Waals surface area (Å²) in [6.45, 7) is 4.88. The predicted molar refractivity (Wildman–Crippen MR) is 113 cm³/mol. The van der Waals surface area contributed by atoms with E-state index in [9.17, 15) is 4.79 Å². The van der Waals surface area contributed by atoms with Crippen molar-refractivity contribution < 1.29 is 0 Å². The lowest BCUT2D eigenvalue weighted by atomic mass is 10.2. The number of fused-ring (bicyclic) bond motifs is 3. The van der Waals surface area contributed by atoms with Crippen molar-refractivity contribution in [1.29, 1.82) is 0 Å². The molecular formula is C20H20BrN5O. The van der Waals surface area contributed by atoms with E-state index in [2.05, 4.69) is 32.7 Å². The highest BCUT2D eigenvalue weighted by Gasteiger charge is 2.18. The molecule has 0 saturated carbocycles. The van der Waals surface area contributed by atoms with Crippen molar-refractivity contribution in [2.75, 3.05) is 18.5 Å². The van der Waals surface area contributed by atoms with E-state index in [4.69, 9.17) is 4.98 Å². The summed E-state index contributed by atoms with van der Waals surface area (Å²) >= 11 is 3.53. The summed E-state index contributed by atoms with van der Waals surface area (Å²) in [6, 6.07) is 9.83. The normalized spacial score (nSPS) is 11.4. The zero-order chi connectivity index (χ0) is 19.3. The summed E-state index contributed by atoms with van der Waals surface area (Å²) < 4.78 is 4.32. The Kier molecular flexibility index (Phi) is 4.26. The van der Waals surface area contributed by atoms with E-state index >= 15 is 0 Å². The van der Waals surface area contributed by atoms with E-state index in [1.807, 2.05) is 44.3 Å². The van der Waals surface area contributed by atoms with Gasteiger partial charge in [-0.2, -0.15) is 0 Å². The third-order valence-electron chi connectivity index (χ3n) is 4.99. The Morgan fingerprint density at radius 2 is 2.00 bits per heavy atom. The number of anilines is 1. The predicted octanol–water partition coefficient (Wildman–Crippen LogP) is 3.80. The molecule has 0 aliphatic heterocycles. The molecule has 0 atom stereocenters. The molecule has 27 heavy (non-hydrogen) atoms. The van der Waals surface area contributed by atoms with Crippen LogP contribution in [-0.2, 0) is 7.05 Å². The van der Waals surface area contributed by atoms with Crippen molar-refractivity contribution in [2.45, 2.75) is 13.8 Å². The van der Waals surface area contributed by atoms with Gasteiger partial charge in [0.25, 0.3) is 0 Å². The van der Waals surface area contributed by atoms with Crippen LogP contribution >= 0.6 is 15.9 Å². The first kappa shape index (κ1) is 17.7. The fraction of sp³-hybridized carbons (Fsp3) is 0.250. The Labute approximate surface area is 165 Å². The third kappa shape index (κ3) is 2.73. The molecule has 0 amide bonds.